The topological polar surface area (TPSA) is 62.7 Å². The number of ether oxygens (including phenoxy) is 1. The van der Waals surface area contributed by atoms with E-state index in [0.717, 1.165) is 11.3 Å². The number of rotatable bonds is 5. The Kier molecular flexibility index (Phi) is 4.01. The highest BCUT2D eigenvalue weighted by molar-refractivity contribution is 7.13. The van der Waals surface area contributed by atoms with Crippen LogP contribution in [0.3, 0.4) is 0 Å². The van der Waals surface area contributed by atoms with Crippen LogP contribution >= 0.6 is 11.3 Å². The Hall–Kier alpha value is -2.08. The van der Waals surface area contributed by atoms with Crippen molar-refractivity contribution < 1.29 is 14.6 Å². The zero-order valence-corrected chi connectivity index (χ0v) is 11.5. The molecule has 0 saturated heterocycles. The van der Waals surface area contributed by atoms with E-state index in [9.17, 15) is 4.79 Å². The number of hydrogen-bond acceptors (Lipinski definition) is 5. The van der Waals surface area contributed by atoms with Crippen LogP contribution in [0.25, 0.3) is 0 Å². The Morgan fingerprint density at radius 1 is 1.42 bits per heavy atom. The summed E-state index contributed by atoms with van der Waals surface area (Å²) in [5, 5.41) is 11.1. The molecule has 0 saturated carbocycles. The summed E-state index contributed by atoms with van der Waals surface area (Å²) in [4.78, 5) is 16.8. The second-order valence-electron chi connectivity index (χ2n) is 4.02. The minimum Gasteiger partial charge on any atom is -0.497 e. The van der Waals surface area contributed by atoms with Crippen molar-refractivity contribution in [3.63, 3.8) is 0 Å². The molecule has 1 aromatic carbocycles. The van der Waals surface area contributed by atoms with Crippen molar-refractivity contribution in [3.05, 3.63) is 40.9 Å². The average Bonchev–Trinajstić information content (AvgIpc) is 2.89. The smallest absolute Gasteiger partial charge is 0.355 e. The van der Waals surface area contributed by atoms with E-state index in [0.29, 0.717) is 11.7 Å². The van der Waals surface area contributed by atoms with Gasteiger partial charge in [0, 0.05) is 19.0 Å². The molecule has 1 aromatic heterocycles. The van der Waals surface area contributed by atoms with E-state index >= 15 is 0 Å². The van der Waals surface area contributed by atoms with Gasteiger partial charge in [0.1, 0.15) is 5.75 Å². The van der Waals surface area contributed by atoms with Crippen molar-refractivity contribution >= 4 is 22.4 Å². The zero-order valence-electron chi connectivity index (χ0n) is 10.7. The normalized spacial score (nSPS) is 10.2. The van der Waals surface area contributed by atoms with Gasteiger partial charge in [0.05, 0.1) is 7.11 Å². The second-order valence-corrected chi connectivity index (χ2v) is 4.86. The summed E-state index contributed by atoms with van der Waals surface area (Å²) >= 11 is 1.32. The molecule has 0 aliphatic carbocycles. The standard InChI is InChI=1S/C13H14N2O3S/c1-15(13-14-11(8-19-13)12(16)17)7-9-3-5-10(18-2)6-4-9/h3-6,8H,7H2,1-2H3,(H,16,17). The van der Waals surface area contributed by atoms with Crippen molar-refractivity contribution in [3.8, 4) is 5.75 Å². The van der Waals surface area contributed by atoms with Gasteiger partial charge in [-0.05, 0) is 17.7 Å². The SMILES string of the molecule is COc1ccc(CN(C)c2nc(C(=O)O)cs2)cc1. The number of thiazole rings is 1. The monoisotopic (exact) mass is 278 g/mol. The number of aromatic nitrogens is 1. The Labute approximate surface area is 115 Å². The van der Waals surface area contributed by atoms with E-state index in [-0.39, 0.29) is 5.69 Å². The van der Waals surface area contributed by atoms with Crippen LogP contribution in [0.4, 0.5) is 5.13 Å². The fourth-order valence-corrected chi connectivity index (χ4v) is 2.38. The molecule has 1 N–H and O–H groups in total. The van der Waals surface area contributed by atoms with E-state index in [2.05, 4.69) is 4.98 Å². The second kappa shape index (κ2) is 5.71. The quantitative estimate of drug-likeness (QED) is 0.910. The van der Waals surface area contributed by atoms with E-state index < -0.39 is 5.97 Å². The highest BCUT2D eigenvalue weighted by Crippen LogP contribution is 2.21. The van der Waals surface area contributed by atoms with Gasteiger partial charge in [-0.1, -0.05) is 12.1 Å². The lowest BCUT2D eigenvalue weighted by molar-refractivity contribution is 0.0691. The maximum absolute atomic E-state index is 10.8. The molecule has 2 rings (SSSR count). The largest absolute Gasteiger partial charge is 0.497 e. The Bertz CT molecular complexity index is 566. The average molecular weight is 278 g/mol. The first-order valence-electron chi connectivity index (χ1n) is 5.63. The van der Waals surface area contributed by atoms with Crippen LogP contribution in [-0.2, 0) is 6.54 Å². The first-order chi connectivity index (χ1) is 9.10. The zero-order chi connectivity index (χ0) is 13.8. The molecule has 0 bridgehead atoms. The molecular weight excluding hydrogens is 264 g/mol. The van der Waals surface area contributed by atoms with E-state index in [4.69, 9.17) is 9.84 Å². The highest BCUT2D eigenvalue weighted by Gasteiger charge is 2.11. The van der Waals surface area contributed by atoms with Crippen LogP contribution in [-0.4, -0.2) is 30.2 Å². The van der Waals surface area contributed by atoms with Gasteiger partial charge in [-0.2, -0.15) is 0 Å². The summed E-state index contributed by atoms with van der Waals surface area (Å²) in [6.07, 6.45) is 0. The molecule has 19 heavy (non-hydrogen) atoms. The van der Waals surface area contributed by atoms with Crippen molar-refractivity contribution in [2.45, 2.75) is 6.54 Å². The molecule has 5 nitrogen and oxygen atoms in total. The van der Waals surface area contributed by atoms with Crippen molar-refractivity contribution in [2.24, 2.45) is 0 Å². The Morgan fingerprint density at radius 2 is 2.11 bits per heavy atom. The molecule has 0 atom stereocenters. The third kappa shape index (κ3) is 3.23. The van der Waals surface area contributed by atoms with Crippen molar-refractivity contribution in [1.29, 1.82) is 0 Å². The lowest BCUT2D eigenvalue weighted by atomic mass is 10.2. The van der Waals surface area contributed by atoms with Crippen LogP contribution in [0.1, 0.15) is 16.1 Å². The van der Waals surface area contributed by atoms with Gasteiger partial charge in [0.15, 0.2) is 10.8 Å². The minimum atomic E-state index is -1.000. The molecule has 0 amide bonds. The van der Waals surface area contributed by atoms with Crippen LogP contribution in [0.15, 0.2) is 29.6 Å². The van der Waals surface area contributed by atoms with Crippen LogP contribution in [0.5, 0.6) is 5.75 Å². The molecule has 6 heteroatoms. The number of benzene rings is 1. The molecule has 0 radical (unpaired) electrons. The molecule has 0 unspecified atom stereocenters. The Morgan fingerprint density at radius 3 is 2.63 bits per heavy atom. The minimum absolute atomic E-state index is 0.0848. The summed E-state index contributed by atoms with van der Waals surface area (Å²) in [6, 6.07) is 7.74. The van der Waals surface area contributed by atoms with Gasteiger partial charge in [0.25, 0.3) is 0 Å². The molecule has 0 spiro atoms. The molecule has 2 aromatic rings. The third-order valence-corrected chi connectivity index (χ3v) is 3.57. The fourth-order valence-electron chi connectivity index (χ4n) is 1.61. The van der Waals surface area contributed by atoms with Gasteiger partial charge in [-0.25, -0.2) is 9.78 Å². The third-order valence-electron chi connectivity index (χ3n) is 2.62. The predicted molar refractivity (Wildman–Crippen MR) is 74.2 cm³/mol. The van der Waals surface area contributed by atoms with Gasteiger partial charge < -0.3 is 14.7 Å². The van der Waals surface area contributed by atoms with Crippen molar-refractivity contribution in [2.75, 3.05) is 19.1 Å². The highest BCUT2D eigenvalue weighted by atomic mass is 32.1. The van der Waals surface area contributed by atoms with Crippen molar-refractivity contribution in [1.82, 2.24) is 4.98 Å². The van der Waals surface area contributed by atoms with Gasteiger partial charge in [-0.3, -0.25) is 0 Å². The predicted octanol–water partition coefficient (Wildman–Crippen LogP) is 2.49. The first-order valence-corrected chi connectivity index (χ1v) is 6.51. The summed E-state index contributed by atoms with van der Waals surface area (Å²) < 4.78 is 5.10. The number of carbonyl (C=O) groups is 1. The summed E-state index contributed by atoms with van der Waals surface area (Å²) in [5.74, 6) is -0.186. The van der Waals surface area contributed by atoms with Gasteiger partial charge >= 0.3 is 5.97 Å². The summed E-state index contributed by atoms with van der Waals surface area (Å²) in [7, 11) is 3.51. The van der Waals surface area contributed by atoms with Crippen LogP contribution < -0.4 is 9.64 Å². The number of nitrogens with zero attached hydrogens (tertiary/aromatic N) is 2. The molecule has 0 fully saturated rings. The number of carboxylic acids is 1. The maximum Gasteiger partial charge on any atom is 0.355 e. The van der Waals surface area contributed by atoms with Gasteiger partial charge in [-0.15, -0.1) is 11.3 Å². The lowest BCUT2D eigenvalue weighted by Crippen LogP contribution is -2.16. The van der Waals surface area contributed by atoms with E-state index in [1.165, 1.54) is 11.3 Å². The van der Waals surface area contributed by atoms with Crippen LogP contribution in [0, 0.1) is 0 Å². The number of aromatic carboxylic acids is 1. The van der Waals surface area contributed by atoms with Crippen LogP contribution in [0.2, 0.25) is 0 Å². The fraction of sp³-hybridized carbons (Fsp3) is 0.231. The number of anilines is 1. The summed E-state index contributed by atoms with van der Waals surface area (Å²) in [5.41, 5.74) is 1.19. The number of carboxylic acid groups (broad SMARTS) is 1. The lowest BCUT2D eigenvalue weighted by Gasteiger charge is -2.15. The first kappa shape index (κ1) is 13.4. The molecule has 0 aliphatic rings. The summed E-state index contributed by atoms with van der Waals surface area (Å²) in [6.45, 7) is 0.663. The number of methoxy groups -OCH3 is 1. The Balaban J connectivity index is 2.06. The maximum atomic E-state index is 10.8. The van der Waals surface area contributed by atoms with E-state index in [1.807, 2.05) is 36.2 Å². The molecular formula is C13H14N2O3S. The number of hydrogen-bond donors (Lipinski definition) is 1. The molecule has 0 aliphatic heterocycles. The molecule has 1 heterocycles. The van der Waals surface area contributed by atoms with E-state index in [1.54, 1.807) is 12.5 Å². The van der Waals surface area contributed by atoms with Gasteiger partial charge in [0.2, 0.25) is 0 Å². The molecule has 100 valence electrons.